The van der Waals surface area contributed by atoms with Crippen molar-refractivity contribution in [2.45, 2.75) is 19.3 Å². The van der Waals surface area contributed by atoms with Crippen molar-refractivity contribution in [3.05, 3.63) is 64.5 Å². The maximum atomic E-state index is 12.1. The molecule has 1 aromatic heterocycles. The number of nitrogens with zero attached hydrogens (tertiary/aromatic N) is 3. The number of carbonyl (C=O) groups excluding carboxylic acids is 1. The summed E-state index contributed by atoms with van der Waals surface area (Å²) in [5.74, 6) is 0.428. The van der Waals surface area contributed by atoms with E-state index in [1.165, 1.54) is 12.1 Å². The number of hydrogen-bond acceptors (Lipinski definition) is 5. The van der Waals surface area contributed by atoms with Crippen LogP contribution in [0.4, 0.5) is 11.4 Å². The van der Waals surface area contributed by atoms with E-state index in [1.807, 2.05) is 12.3 Å². The first kappa shape index (κ1) is 17.8. The van der Waals surface area contributed by atoms with Gasteiger partial charge in [0.2, 0.25) is 5.91 Å². The molecule has 1 aliphatic heterocycles. The van der Waals surface area contributed by atoms with Gasteiger partial charge in [0, 0.05) is 38.0 Å². The van der Waals surface area contributed by atoms with E-state index < -0.39 is 4.92 Å². The van der Waals surface area contributed by atoms with Crippen LogP contribution in [0.2, 0.25) is 0 Å². The molecule has 3 rings (SSSR count). The van der Waals surface area contributed by atoms with Crippen LogP contribution in [0.1, 0.15) is 18.4 Å². The molecule has 136 valence electrons. The van der Waals surface area contributed by atoms with Gasteiger partial charge in [0.1, 0.15) is 0 Å². The van der Waals surface area contributed by atoms with Gasteiger partial charge in [-0.3, -0.25) is 19.9 Å². The number of aromatic nitrogens is 1. The third-order valence-corrected chi connectivity index (χ3v) is 4.73. The SMILES string of the molecule is O=C(Cc1ccc([N+](=O)[O-])cc1)NCC1CCN(c2cccnc2)CC1. The van der Waals surface area contributed by atoms with Crippen molar-refractivity contribution >= 4 is 17.3 Å². The molecule has 1 aromatic carbocycles. The number of rotatable bonds is 6. The normalized spacial score (nSPS) is 14.8. The predicted molar refractivity (Wildman–Crippen MR) is 99.0 cm³/mol. The van der Waals surface area contributed by atoms with E-state index in [4.69, 9.17) is 0 Å². The minimum atomic E-state index is -0.443. The van der Waals surface area contributed by atoms with Crippen molar-refractivity contribution in [1.29, 1.82) is 0 Å². The maximum absolute atomic E-state index is 12.1. The number of nitro benzene ring substituents is 1. The highest BCUT2D eigenvalue weighted by molar-refractivity contribution is 5.78. The highest BCUT2D eigenvalue weighted by atomic mass is 16.6. The Hall–Kier alpha value is -2.96. The van der Waals surface area contributed by atoms with Gasteiger partial charge in [0.05, 0.1) is 23.2 Å². The van der Waals surface area contributed by atoms with Gasteiger partial charge in [-0.1, -0.05) is 12.1 Å². The second-order valence-electron chi connectivity index (χ2n) is 6.55. The Kier molecular flexibility index (Phi) is 5.78. The van der Waals surface area contributed by atoms with Crippen molar-refractivity contribution < 1.29 is 9.72 Å². The van der Waals surface area contributed by atoms with E-state index in [-0.39, 0.29) is 18.0 Å². The van der Waals surface area contributed by atoms with Crippen LogP contribution in [0.5, 0.6) is 0 Å². The van der Waals surface area contributed by atoms with Gasteiger partial charge < -0.3 is 10.2 Å². The molecule has 0 bridgehead atoms. The monoisotopic (exact) mass is 354 g/mol. The van der Waals surface area contributed by atoms with Crippen molar-refractivity contribution in [3.8, 4) is 0 Å². The molecule has 0 aliphatic carbocycles. The molecule has 0 unspecified atom stereocenters. The molecule has 1 N–H and O–H groups in total. The Morgan fingerprint density at radius 3 is 2.58 bits per heavy atom. The van der Waals surface area contributed by atoms with Crippen molar-refractivity contribution in [1.82, 2.24) is 10.3 Å². The van der Waals surface area contributed by atoms with E-state index in [0.717, 1.165) is 37.2 Å². The van der Waals surface area contributed by atoms with E-state index in [0.29, 0.717) is 12.5 Å². The van der Waals surface area contributed by atoms with Crippen LogP contribution in [0.25, 0.3) is 0 Å². The van der Waals surface area contributed by atoms with E-state index in [9.17, 15) is 14.9 Å². The summed E-state index contributed by atoms with van der Waals surface area (Å²) in [6.45, 7) is 2.61. The van der Waals surface area contributed by atoms with Crippen molar-refractivity contribution in [2.24, 2.45) is 5.92 Å². The summed E-state index contributed by atoms with van der Waals surface area (Å²) in [5, 5.41) is 13.6. The average molecular weight is 354 g/mol. The van der Waals surface area contributed by atoms with Crippen LogP contribution < -0.4 is 10.2 Å². The van der Waals surface area contributed by atoms with Gasteiger partial charge >= 0.3 is 0 Å². The van der Waals surface area contributed by atoms with Crippen molar-refractivity contribution in [2.75, 3.05) is 24.5 Å². The lowest BCUT2D eigenvalue weighted by molar-refractivity contribution is -0.384. The highest BCUT2D eigenvalue weighted by Crippen LogP contribution is 2.22. The van der Waals surface area contributed by atoms with Crippen LogP contribution in [-0.2, 0) is 11.2 Å². The molecule has 1 fully saturated rings. The lowest BCUT2D eigenvalue weighted by atomic mass is 9.96. The lowest BCUT2D eigenvalue weighted by Crippen LogP contribution is -2.39. The molecule has 7 heteroatoms. The van der Waals surface area contributed by atoms with Gasteiger partial charge in [-0.15, -0.1) is 0 Å². The number of benzene rings is 1. The van der Waals surface area contributed by atoms with Crippen LogP contribution in [0.15, 0.2) is 48.8 Å². The number of piperidine rings is 1. The Bertz CT molecular complexity index is 741. The first-order chi connectivity index (χ1) is 12.6. The third kappa shape index (κ3) is 4.78. The fourth-order valence-corrected chi connectivity index (χ4v) is 3.18. The predicted octanol–water partition coefficient (Wildman–Crippen LogP) is 2.57. The molecule has 2 aromatic rings. The molecule has 7 nitrogen and oxygen atoms in total. The van der Waals surface area contributed by atoms with Gasteiger partial charge in [0.25, 0.3) is 5.69 Å². The first-order valence-corrected chi connectivity index (χ1v) is 8.77. The van der Waals surface area contributed by atoms with Crippen LogP contribution >= 0.6 is 0 Å². The van der Waals surface area contributed by atoms with E-state index >= 15 is 0 Å². The molecule has 1 aliphatic rings. The fraction of sp³-hybridized carbons (Fsp3) is 0.368. The standard InChI is InChI=1S/C19H22N4O3/c24-19(12-15-3-5-17(6-4-15)23(25)26)21-13-16-7-10-22(11-8-16)18-2-1-9-20-14-18/h1-6,9,14,16H,7-8,10-13H2,(H,21,24). The summed E-state index contributed by atoms with van der Waals surface area (Å²) in [4.78, 5) is 28.8. The van der Waals surface area contributed by atoms with Crippen LogP contribution in [0, 0.1) is 16.0 Å². The molecule has 1 amide bonds. The summed E-state index contributed by atoms with van der Waals surface area (Å²) >= 11 is 0. The Balaban J connectivity index is 1.40. The molecule has 2 heterocycles. The summed E-state index contributed by atoms with van der Waals surface area (Å²) in [5.41, 5.74) is 1.96. The number of hydrogen-bond donors (Lipinski definition) is 1. The first-order valence-electron chi connectivity index (χ1n) is 8.77. The largest absolute Gasteiger partial charge is 0.370 e. The summed E-state index contributed by atoms with van der Waals surface area (Å²) < 4.78 is 0. The fourth-order valence-electron chi connectivity index (χ4n) is 3.18. The average Bonchev–Trinajstić information content (AvgIpc) is 2.68. The quantitative estimate of drug-likeness (QED) is 0.636. The zero-order chi connectivity index (χ0) is 18.4. The van der Waals surface area contributed by atoms with Gasteiger partial charge in [-0.05, 0) is 36.5 Å². The number of nitro groups is 1. The third-order valence-electron chi connectivity index (χ3n) is 4.73. The van der Waals surface area contributed by atoms with Gasteiger partial charge in [-0.2, -0.15) is 0 Å². The summed E-state index contributed by atoms with van der Waals surface area (Å²) in [6, 6.07) is 10.1. The molecular weight excluding hydrogens is 332 g/mol. The molecule has 1 saturated heterocycles. The lowest BCUT2D eigenvalue weighted by Gasteiger charge is -2.33. The molecule has 26 heavy (non-hydrogen) atoms. The molecular formula is C19H22N4O3. The Labute approximate surface area is 152 Å². The topological polar surface area (TPSA) is 88.4 Å². The highest BCUT2D eigenvalue weighted by Gasteiger charge is 2.20. The number of non-ortho nitro benzene ring substituents is 1. The molecule has 0 spiro atoms. The summed E-state index contributed by atoms with van der Waals surface area (Å²) in [6.07, 6.45) is 5.97. The Morgan fingerprint density at radius 2 is 1.96 bits per heavy atom. The minimum absolute atomic E-state index is 0.0366. The number of carbonyl (C=O) groups is 1. The zero-order valence-electron chi connectivity index (χ0n) is 14.5. The molecule has 0 saturated carbocycles. The van der Waals surface area contributed by atoms with Crippen molar-refractivity contribution in [3.63, 3.8) is 0 Å². The number of pyridine rings is 1. The van der Waals surface area contributed by atoms with E-state index in [1.54, 1.807) is 18.3 Å². The summed E-state index contributed by atoms with van der Waals surface area (Å²) in [7, 11) is 0. The number of nitrogens with one attached hydrogen (secondary N) is 1. The van der Waals surface area contributed by atoms with Crippen LogP contribution in [0.3, 0.4) is 0 Å². The number of anilines is 1. The number of amides is 1. The zero-order valence-corrected chi connectivity index (χ0v) is 14.5. The minimum Gasteiger partial charge on any atom is -0.370 e. The van der Waals surface area contributed by atoms with Crippen LogP contribution in [-0.4, -0.2) is 35.4 Å². The Morgan fingerprint density at radius 1 is 1.23 bits per heavy atom. The second kappa shape index (κ2) is 8.42. The van der Waals surface area contributed by atoms with Gasteiger partial charge in [-0.25, -0.2) is 0 Å². The second-order valence-corrected chi connectivity index (χ2v) is 6.55. The molecule has 0 radical (unpaired) electrons. The van der Waals surface area contributed by atoms with E-state index in [2.05, 4.69) is 21.3 Å². The maximum Gasteiger partial charge on any atom is 0.269 e. The smallest absolute Gasteiger partial charge is 0.269 e. The molecule has 0 atom stereocenters. The van der Waals surface area contributed by atoms with Gasteiger partial charge in [0.15, 0.2) is 0 Å².